The quantitative estimate of drug-likeness (QED) is 0.909. The molecule has 1 fully saturated rings. The number of alkyl halides is 3. The minimum atomic E-state index is -4.32. The highest BCUT2D eigenvalue weighted by atomic mass is 35.5. The standard InChI is InChI=1S/C13H16F3NO.ClH/c14-13(15,16)11-4-2-1-3-10(11)9-12(17)5-7-18-8-6-12;/h1-4H,5-9,17H2;1H. The fourth-order valence-electron chi connectivity index (χ4n) is 2.29. The second kappa shape index (κ2) is 6.11. The van der Waals surface area contributed by atoms with Crippen molar-refractivity contribution in [1.29, 1.82) is 0 Å². The largest absolute Gasteiger partial charge is 0.416 e. The first-order valence-electron chi connectivity index (χ1n) is 5.92. The van der Waals surface area contributed by atoms with E-state index >= 15 is 0 Å². The smallest absolute Gasteiger partial charge is 0.381 e. The molecule has 1 aliphatic rings. The van der Waals surface area contributed by atoms with E-state index in [0.29, 0.717) is 26.1 Å². The molecule has 2 nitrogen and oxygen atoms in total. The Morgan fingerprint density at radius 2 is 1.74 bits per heavy atom. The minimum absolute atomic E-state index is 0. The van der Waals surface area contributed by atoms with E-state index in [9.17, 15) is 13.2 Å². The highest BCUT2D eigenvalue weighted by Crippen LogP contribution is 2.34. The Morgan fingerprint density at radius 1 is 1.16 bits per heavy atom. The number of benzene rings is 1. The van der Waals surface area contributed by atoms with Crippen LogP contribution in [0, 0.1) is 0 Å². The summed E-state index contributed by atoms with van der Waals surface area (Å²) in [7, 11) is 0. The lowest BCUT2D eigenvalue weighted by Gasteiger charge is -2.34. The summed E-state index contributed by atoms with van der Waals surface area (Å²) in [4.78, 5) is 0. The molecule has 0 atom stereocenters. The summed E-state index contributed by atoms with van der Waals surface area (Å²) in [5.74, 6) is 0. The molecule has 0 aliphatic carbocycles. The Labute approximate surface area is 116 Å². The lowest BCUT2D eigenvalue weighted by Crippen LogP contribution is -2.47. The van der Waals surface area contributed by atoms with Crippen molar-refractivity contribution in [2.75, 3.05) is 13.2 Å². The van der Waals surface area contributed by atoms with Gasteiger partial charge in [-0.1, -0.05) is 18.2 Å². The molecule has 1 aliphatic heterocycles. The first kappa shape index (κ1) is 16.3. The highest BCUT2D eigenvalue weighted by Gasteiger charge is 2.36. The molecule has 0 radical (unpaired) electrons. The summed E-state index contributed by atoms with van der Waals surface area (Å²) in [5, 5.41) is 0. The van der Waals surface area contributed by atoms with Gasteiger partial charge in [0, 0.05) is 18.8 Å². The number of rotatable bonds is 2. The van der Waals surface area contributed by atoms with Crippen LogP contribution < -0.4 is 5.73 Å². The molecule has 1 aromatic rings. The summed E-state index contributed by atoms with van der Waals surface area (Å²) in [6.07, 6.45) is -2.89. The van der Waals surface area contributed by atoms with E-state index in [0.717, 1.165) is 6.07 Å². The predicted octanol–water partition coefficient (Wildman–Crippen LogP) is 3.18. The zero-order chi connectivity index (χ0) is 13.2. The van der Waals surface area contributed by atoms with E-state index in [2.05, 4.69) is 0 Å². The van der Waals surface area contributed by atoms with Gasteiger partial charge in [0.15, 0.2) is 0 Å². The van der Waals surface area contributed by atoms with Gasteiger partial charge in [0.1, 0.15) is 0 Å². The van der Waals surface area contributed by atoms with Crippen molar-refractivity contribution in [3.8, 4) is 0 Å². The summed E-state index contributed by atoms with van der Waals surface area (Å²) in [6.45, 7) is 1.04. The topological polar surface area (TPSA) is 35.2 Å². The average molecular weight is 296 g/mol. The van der Waals surface area contributed by atoms with Crippen LogP contribution in [0.5, 0.6) is 0 Å². The highest BCUT2D eigenvalue weighted by molar-refractivity contribution is 5.85. The Balaban J connectivity index is 0.00000180. The molecule has 0 saturated carbocycles. The molecule has 108 valence electrons. The summed E-state index contributed by atoms with van der Waals surface area (Å²) in [6, 6.07) is 5.64. The Morgan fingerprint density at radius 3 is 2.32 bits per heavy atom. The monoisotopic (exact) mass is 295 g/mol. The molecule has 2 N–H and O–H groups in total. The molecule has 6 heteroatoms. The van der Waals surface area contributed by atoms with Gasteiger partial charge in [0.05, 0.1) is 5.56 Å². The van der Waals surface area contributed by atoms with Crippen LogP contribution in [-0.4, -0.2) is 18.8 Å². The van der Waals surface area contributed by atoms with Gasteiger partial charge in [0.2, 0.25) is 0 Å². The van der Waals surface area contributed by atoms with Crippen LogP contribution in [-0.2, 0) is 17.3 Å². The molecule has 1 saturated heterocycles. The third-order valence-corrected chi connectivity index (χ3v) is 3.35. The normalized spacial score (nSPS) is 18.7. The van der Waals surface area contributed by atoms with E-state index in [4.69, 9.17) is 10.5 Å². The molecule has 1 heterocycles. The fraction of sp³-hybridized carbons (Fsp3) is 0.538. The van der Waals surface area contributed by atoms with Crippen LogP contribution in [0.4, 0.5) is 13.2 Å². The maximum absolute atomic E-state index is 12.9. The molecule has 0 spiro atoms. The van der Waals surface area contributed by atoms with E-state index in [1.807, 2.05) is 0 Å². The van der Waals surface area contributed by atoms with Crippen molar-refractivity contribution in [2.24, 2.45) is 5.73 Å². The van der Waals surface area contributed by atoms with Crippen LogP contribution in [0.1, 0.15) is 24.0 Å². The summed E-state index contributed by atoms with van der Waals surface area (Å²) >= 11 is 0. The van der Waals surface area contributed by atoms with Crippen molar-refractivity contribution in [3.05, 3.63) is 35.4 Å². The molecule has 19 heavy (non-hydrogen) atoms. The maximum Gasteiger partial charge on any atom is 0.416 e. The van der Waals surface area contributed by atoms with Gasteiger partial charge < -0.3 is 10.5 Å². The van der Waals surface area contributed by atoms with E-state index in [1.54, 1.807) is 6.07 Å². The second-order valence-corrected chi connectivity index (χ2v) is 4.81. The molecule has 1 aromatic carbocycles. The zero-order valence-electron chi connectivity index (χ0n) is 10.4. The van der Waals surface area contributed by atoms with Gasteiger partial charge in [-0.25, -0.2) is 0 Å². The Kier molecular flexibility index (Phi) is 5.24. The Bertz CT molecular complexity index is 417. The Hall–Kier alpha value is -0.780. The second-order valence-electron chi connectivity index (χ2n) is 4.81. The first-order valence-corrected chi connectivity index (χ1v) is 5.92. The predicted molar refractivity (Wildman–Crippen MR) is 69.4 cm³/mol. The van der Waals surface area contributed by atoms with Gasteiger partial charge in [0.25, 0.3) is 0 Å². The number of hydrogen-bond acceptors (Lipinski definition) is 2. The maximum atomic E-state index is 12.9. The van der Waals surface area contributed by atoms with E-state index in [1.165, 1.54) is 12.1 Å². The van der Waals surface area contributed by atoms with Crippen molar-refractivity contribution in [2.45, 2.75) is 31.0 Å². The molecular weight excluding hydrogens is 279 g/mol. The average Bonchev–Trinajstić information content (AvgIpc) is 2.28. The van der Waals surface area contributed by atoms with E-state index in [-0.39, 0.29) is 24.4 Å². The van der Waals surface area contributed by atoms with Crippen molar-refractivity contribution in [1.82, 2.24) is 0 Å². The number of ether oxygens (including phenoxy) is 1. The van der Waals surface area contributed by atoms with Gasteiger partial charge in [-0.05, 0) is 30.9 Å². The van der Waals surface area contributed by atoms with Crippen LogP contribution >= 0.6 is 12.4 Å². The molecule has 0 aromatic heterocycles. The third-order valence-electron chi connectivity index (χ3n) is 3.35. The number of halogens is 4. The third kappa shape index (κ3) is 4.09. The van der Waals surface area contributed by atoms with Gasteiger partial charge in [-0.2, -0.15) is 13.2 Å². The van der Waals surface area contributed by atoms with Crippen molar-refractivity contribution >= 4 is 12.4 Å². The SMILES string of the molecule is Cl.NC1(Cc2ccccc2C(F)(F)F)CCOCC1. The number of nitrogens with two attached hydrogens (primary N) is 1. The van der Waals surface area contributed by atoms with Crippen LogP contribution in [0.3, 0.4) is 0 Å². The molecule has 0 unspecified atom stereocenters. The lowest BCUT2D eigenvalue weighted by atomic mass is 9.83. The van der Waals surface area contributed by atoms with Crippen LogP contribution in [0.2, 0.25) is 0 Å². The van der Waals surface area contributed by atoms with Crippen molar-refractivity contribution < 1.29 is 17.9 Å². The van der Waals surface area contributed by atoms with Crippen LogP contribution in [0.25, 0.3) is 0 Å². The van der Waals surface area contributed by atoms with Crippen molar-refractivity contribution in [3.63, 3.8) is 0 Å². The molecular formula is C13H17ClF3NO. The first-order chi connectivity index (χ1) is 8.41. The minimum Gasteiger partial charge on any atom is -0.381 e. The fourth-order valence-corrected chi connectivity index (χ4v) is 2.29. The molecule has 0 bridgehead atoms. The van der Waals surface area contributed by atoms with Crippen LogP contribution in [0.15, 0.2) is 24.3 Å². The lowest BCUT2D eigenvalue weighted by molar-refractivity contribution is -0.138. The molecule has 0 amide bonds. The summed E-state index contributed by atoms with van der Waals surface area (Å²) < 4.78 is 43.8. The van der Waals surface area contributed by atoms with Gasteiger partial charge >= 0.3 is 6.18 Å². The number of hydrogen-bond donors (Lipinski definition) is 1. The van der Waals surface area contributed by atoms with E-state index < -0.39 is 17.3 Å². The van der Waals surface area contributed by atoms with Gasteiger partial charge in [-0.15, -0.1) is 12.4 Å². The van der Waals surface area contributed by atoms with Gasteiger partial charge in [-0.3, -0.25) is 0 Å². The zero-order valence-corrected chi connectivity index (χ0v) is 11.2. The summed E-state index contributed by atoms with van der Waals surface area (Å²) in [5.41, 5.74) is 5.26. The molecule has 2 rings (SSSR count).